The smallest absolute Gasteiger partial charge is 0.309 e. The number of hydrogen-bond donors (Lipinski definition) is 2. The van der Waals surface area contributed by atoms with Crippen molar-refractivity contribution in [3.05, 3.63) is 40.9 Å². The Labute approximate surface area is 161 Å². The highest BCUT2D eigenvalue weighted by Crippen LogP contribution is 2.22. The molecular weight excluding hydrogens is 370 g/mol. The molecule has 1 aromatic heterocycles. The lowest BCUT2D eigenvalue weighted by Gasteiger charge is -2.23. The highest BCUT2D eigenvalue weighted by atomic mass is 32.2. The van der Waals surface area contributed by atoms with E-state index in [9.17, 15) is 9.59 Å². The second kappa shape index (κ2) is 10.2. The Balaban J connectivity index is 1.72. The van der Waals surface area contributed by atoms with Crippen molar-refractivity contribution in [1.29, 1.82) is 0 Å². The predicted molar refractivity (Wildman–Crippen MR) is 106 cm³/mol. The molecule has 0 aliphatic carbocycles. The molecule has 0 unspecified atom stereocenters. The minimum atomic E-state index is -0.904. The molecule has 8 heteroatoms. The third-order valence-electron chi connectivity index (χ3n) is 3.64. The summed E-state index contributed by atoms with van der Waals surface area (Å²) in [7, 11) is 0. The molecule has 0 saturated heterocycles. The Hall–Kier alpha value is -2.06. The van der Waals surface area contributed by atoms with Crippen molar-refractivity contribution >= 4 is 40.7 Å². The lowest BCUT2D eigenvalue weighted by molar-refractivity contribution is -0.136. The quantitative estimate of drug-likeness (QED) is 0.604. The molecule has 0 bridgehead atoms. The number of thiazole rings is 1. The van der Waals surface area contributed by atoms with Crippen LogP contribution in [0.15, 0.2) is 34.0 Å². The second-order valence-corrected chi connectivity index (χ2v) is 7.81. The van der Waals surface area contributed by atoms with Crippen molar-refractivity contribution in [3.63, 3.8) is 0 Å². The van der Waals surface area contributed by atoms with Crippen molar-refractivity contribution < 1.29 is 14.7 Å². The van der Waals surface area contributed by atoms with Crippen molar-refractivity contribution in [2.75, 3.05) is 30.3 Å². The van der Waals surface area contributed by atoms with Crippen LogP contribution in [0.2, 0.25) is 0 Å². The van der Waals surface area contributed by atoms with Gasteiger partial charge < -0.3 is 15.3 Å². The van der Waals surface area contributed by atoms with Gasteiger partial charge in [0.05, 0.1) is 17.9 Å². The van der Waals surface area contributed by atoms with Crippen LogP contribution in [-0.4, -0.2) is 47.4 Å². The molecule has 0 fully saturated rings. The van der Waals surface area contributed by atoms with E-state index in [-0.39, 0.29) is 18.1 Å². The van der Waals surface area contributed by atoms with E-state index in [1.54, 1.807) is 5.38 Å². The third-order valence-corrected chi connectivity index (χ3v) is 5.71. The lowest BCUT2D eigenvalue weighted by atomic mass is 10.2. The Morgan fingerprint density at radius 3 is 2.88 bits per heavy atom. The zero-order valence-electron chi connectivity index (χ0n) is 14.9. The number of aromatic nitrogens is 1. The summed E-state index contributed by atoms with van der Waals surface area (Å²) in [5.41, 5.74) is 2.90. The summed E-state index contributed by atoms with van der Waals surface area (Å²) in [6, 6.07) is 8.32. The largest absolute Gasteiger partial charge is 0.481 e. The first-order valence-corrected chi connectivity index (χ1v) is 10.2. The van der Waals surface area contributed by atoms with Crippen LogP contribution in [-0.2, 0) is 16.0 Å². The number of nitrogens with one attached hydrogen (secondary N) is 1. The van der Waals surface area contributed by atoms with Crippen molar-refractivity contribution in [2.24, 2.45) is 0 Å². The van der Waals surface area contributed by atoms with E-state index in [1.165, 1.54) is 28.7 Å². The maximum Gasteiger partial charge on any atom is 0.309 e. The lowest BCUT2D eigenvalue weighted by Crippen LogP contribution is -2.35. The van der Waals surface area contributed by atoms with E-state index >= 15 is 0 Å². The van der Waals surface area contributed by atoms with Gasteiger partial charge in [0.1, 0.15) is 0 Å². The number of nitrogens with zero attached hydrogens (tertiary/aromatic N) is 2. The van der Waals surface area contributed by atoms with E-state index in [4.69, 9.17) is 5.11 Å². The first kappa shape index (κ1) is 20.3. The molecule has 1 aromatic carbocycles. The number of rotatable bonds is 10. The van der Waals surface area contributed by atoms with Crippen molar-refractivity contribution in [3.8, 4) is 0 Å². The van der Waals surface area contributed by atoms with Gasteiger partial charge in [-0.3, -0.25) is 9.59 Å². The molecule has 2 aromatic rings. The first-order valence-electron chi connectivity index (χ1n) is 8.35. The van der Waals surface area contributed by atoms with Crippen LogP contribution in [0.1, 0.15) is 18.2 Å². The number of carbonyl (C=O) groups excluding carboxylic acids is 1. The first-order chi connectivity index (χ1) is 12.5. The molecule has 0 spiro atoms. The van der Waals surface area contributed by atoms with Crippen LogP contribution in [0.4, 0.5) is 5.69 Å². The van der Waals surface area contributed by atoms with Crippen LogP contribution in [0, 0.1) is 6.92 Å². The Morgan fingerprint density at radius 1 is 1.38 bits per heavy atom. The number of carboxylic acids is 1. The fourth-order valence-corrected chi connectivity index (χ4v) is 4.07. The minimum Gasteiger partial charge on any atom is -0.481 e. The van der Waals surface area contributed by atoms with E-state index in [2.05, 4.69) is 47.2 Å². The fraction of sp³-hybridized carbons (Fsp3) is 0.389. The minimum absolute atomic E-state index is 0.0507. The van der Waals surface area contributed by atoms with Gasteiger partial charge in [-0.1, -0.05) is 23.9 Å². The molecule has 1 heterocycles. The standard InChI is InChI=1S/C18H23N3O3S2/c1-3-21(15-6-4-5-13(2)9-15)8-7-19-16(22)12-26-18-20-14(11-25-18)10-17(23)24/h4-6,9,11H,3,7-8,10,12H2,1-2H3,(H,19,22)(H,23,24). The third kappa shape index (κ3) is 6.68. The maximum absolute atomic E-state index is 12.0. The molecule has 0 atom stereocenters. The van der Waals surface area contributed by atoms with E-state index in [1.807, 2.05) is 6.07 Å². The van der Waals surface area contributed by atoms with Gasteiger partial charge in [0.15, 0.2) is 4.34 Å². The SMILES string of the molecule is CCN(CCNC(=O)CSc1nc(CC(=O)O)cs1)c1cccc(C)c1. The molecule has 0 aliphatic rings. The van der Waals surface area contributed by atoms with Gasteiger partial charge in [0.2, 0.25) is 5.91 Å². The Kier molecular flexibility index (Phi) is 7.93. The summed E-state index contributed by atoms with van der Waals surface area (Å²) in [4.78, 5) is 29.1. The van der Waals surface area contributed by atoms with E-state index < -0.39 is 5.97 Å². The number of amides is 1. The highest BCUT2D eigenvalue weighted by molar-refractivity contribution is 8.01. The van der Waals surface area contributed by atoms with Gasteiger partial charge >= 0.3 is 5.97 Å². The molecule has 6 nitrogen and oxygen atoms in total. The summed E-state index contributed by atoms with van der Waals surface area (Å²) in [5.74, 6) is -0.680. The average molecular weight is 394 g/mol. The molecule has 2 N–H and O–H groups in total. The average Bonchev–Trinajstić information content (AvgIpc) is 3.03. The molecule has 0 radical (unpaired) electrons. The van der Waals surface area contributed by atoms with Crippen LogP contribution in [0.5, 0.6) is 0 Å². The number of aryl methyl sites for hydroxylation is 1. The van der Waals surface area contributed by atoms with Gasteiger partial charge in [-0.25, -0.2) is 4.98 Å². The molecule has 0 saturated carbocycles. The number of hydrogen-bond acceptors (Lipinski definition) is 6. The van der Waals surface area contributed by atoms with Gasteiger partial charge in [-0.2, -0.15) is 0 Å². The van der Waals surface area contributed by atoms with Crippen LogP contribution in [0.3, 0.4) is 0 Å². The second-order valence-electron chi connectivity index (χ2n) is 5.73. The number of carboxylic acid groups (broad SMARTS) is 1. The summed E-state index contributed by atoms with van der Waals surface area (Å²) in [5, 5.41) is 13.4. The molecule has 1 amide bonds. The Bertz CT molecular complexity index is 749. The number of thioether (sulfide) groups is 1. The van der Waals surface area contributed by atoms with Crippen LogP contribution >= 0.6 is 23.1 Å². The summed E-state index contributed by atoms with van der Waals surface area (Å²) < 4.78 is 0.714. The van der Waals surface area contributed by atoms with Gasteiger partial charge in [0.25, 0.3) is 0 Å². The molecule has 140 valence electrons. The van der Waals surface area contributed by atoms with Gasteiger partial charge in [-0.05, 0) is 31.5 Å². The normalized spacial score (nSPS) is 10.5. The maximum atomic E-state index is 12.0. The highest BCUT2D eigenvalue weighted by Gasteiger charge is 2.10. The van der Waals surface area contributed by atoms with Crippen LogP contribution < -0.4 is 10.2 Å². The number of aliphatic carboxylic acids is 1. The zero-order chi connectivity index (χ0) is 18.9. The molecule has 26 heavy (non-hydrogen) atoms. The number of benzene rings is 1. The van der Waals surface area contributed by atoms with E-state index in [0.717, 1.165) is 18.8 Å². The van der Waals surface area contributed by atoms with Crippen LogP contribution in [0.25, 0.3) is 0 Å². The number of carbonyl (C=O) groups is 2. The zero-order valence-corrected chi connectivity index (χ0v) is 16.5. The number of anilines is 1. The Morgan fingerprint density at radius 2 is 2.19 bits per heavy atom. The summed E-state index contributed by atoms with van der Waals surface area (Å²) in [6.45, 7) is 6.35. The molecule has 2 rings (SSSR count). The summed E-state index contributed by atoms with van der Waals surface area (Å²) >= 11 is 2.69. The van der Waals surface area contributed by atoms with Gasteiger partial charge in [-0.15, -0.1) is 11.3 Å². The monoisotopic (exact) mass is 393 g/mol. The summed E-state index contributed by atoms with van der Waals surface area (Å²) in [6.07, 6.45) is -0.0882. The molecule has 0 aliphatic heterocycles. The van der Waals surface area contributed by atoms with Crippen molar-refractivity contribution in [1.82, 2.24) is 10.3 Å². The number of likely N-dealkylation sites (N-methyl/N-ethyl adjacent to an activating group) is 1. The fourth-order valence-electron chi connectivity index (χ4n) is 2.39. The van der Waals surface area contributed by atoms with E-state index in [0.29, 0.717) is 16.6 Å². The topological polar surface area (TPSA) is 82.5 Å². The van der Waals surface area contributed by atoms with Crippen molar-refractivity contribution in [2.45, 2.75) is 24.6 Å². The van der Waals surface area contributed by atoms with Gasteiger partial charge in [0, 0.05) is 30.7 Å². The molecular formula is C18H23N3O3S2. The predicted octanol–water partition coefficient (Wildman–Crippen LogP) is 2.81.